The second kappa shape index (κ2) is 10.4. The SMILES string of the molecule is COCCCNC(=S)N(CC[NH+](C)C)Cc1cc2cc(C)ccc2[nH]c1=O. The first-order chi connectivity index (χ1) is 12.9. The third kappa shape index (κ3) is 6.61. The normalized spacial score (nSPS) is 11.1. The lowest BCUT2D eigenvalue weighted by Gasteiger charge is -2.26. The van der Waals surface area contributed by atoms with E-state index in [0.717, 1.165) is 42.5 Å². The van der Waals surface area contributed by atoms with Crippen LogP contribution in [0.5, 0.6) is 0 Å². The highest BCUT2D eigenvalue weighted by Gasteiger charge is 2.14. The quantitative estimate of drug-likeness (QED) is 0.434. The molecule has 0 fully saturated rings. The van der Waals surface area contributed by atoms with E-state index in [1.165, 1.54) is 10.5 Å². The van der Waals surface area contributed by atoms with Crippen molar-refractivity contribution >= 4 is 28.2 Å². The highest BCUT2D eigenvalue weighted by atomic mass is 32.1. The van der Waals surface area contributed by atoms with E-state index in [-0.39, 0.29) is 5.56 Å². The van der Waals surface area contributed by atoms with Crippen molar-refractivity contribution in [2.45, 2.75) is 19.9 Å². The van der Waals surface area contributed by atoms with Crippen molar-refractivity contribution in [1.29, 1.82) is 0 Å². The molecule has 1 aromatic carbocycles. The van der Waals surface area contributed by atoms with Crippen molar-refractivity contribution in [3.63, 3.8) is 0 Å². The van der Waals surface area contributed by atoms with Crippen LogP contribution in [-0.4, -0.2) is 62.4 Å². The lowest BCUT2D eigenvalue weighted by Crippen LogP contribution is -3.06. The number of aryl methyl sites for hydroxylation is 1. The van der Waals surface area contributed by atoms with E-state index in [1.807, 2.05) is 18.2 Å². The van der Waals surface area contributed by atoms with Crippen molar-refractivity contribution in [1.82, 2.24) is 15.2 Å². The minimum atomic E-state index is -0.0595. The molecule has 6 nitrogen and oxygen atoms in total. The summed E-state index contributed by atoms with van der Waals surface area (Å²) in [5.41, 5.74) is 2.70. The topological polar surface area (TPSA) is 61.8 Å². The first kappa shape index (κ1) is 21.3. The minimum absolute atomic E-state index is 0.0595. The molecule has 0 atom stereocenters. The number of hydrogen-bond acceptors (Lipinski definition) is 3. The smallest absolute Gasteiger partial charge is 0.253 e. The number of benzene rings is 1. The van der Waals surface area contributed by atoms with E-state index in [1.54, 1.807) is 7.11 Å². The van der Waals surface area contributed by atoms with Gasteiger partial charge in [-0.25, -0.2) is 0 Å². The molecule has 1 aromatic heterocycles. The zero-order chi connectivity index (χ0) is 19.8. The molecule has 0 bridgehead atoms. The summed E-state index contributed by atoms with van der Waals surface area (Å²) in [6.07, 6.45) is 0.888. The summed E-state index contributed by atoms with van der Waals surface area (Å²) in [5, 5.41) is 5.00. The molecular weight excluding hydrogens is 360 g/mol. The molecule has 0 spiro atoms. The molecule has 0 saturated heterocycles. The number of hydrogen-bond donors (Lipinski definition) is 3. The summed E-state index contributed by atoms with van der Waals surface area (Å²) in [4.78, 5) is 18.9. The lowest BCUT2D eigenvalue weighted by atomic mass is 10.1. The summed E-state index contributed by atoms with van der Waals surface area (Å²) < 4.78 is 5.08. The molecule has 0 aliphatic rings. The van der Waals surface area contributed by atoms with Crippen molar-refractivity contribution in [3.05, 3.63) is 45.7 Å². The van der Waals surface area contributed by atoms with Crippen molar-refractivity contribution in [2.24, 2.45) is 0 Å². The predicted molar refractivity (Wildman–Crippen MR) is 114 cm³/mol. The van der Waals surface area contributed by atoms with Gasteiger partial charge in [-0.05, 0) is 49.1 Å². The maximum absolute atomic E-state index is 12.5. The molecule has 148 valence electrons. The number of thiocarbonyl (C=S) groups is 1. The van der Waals surface area contributed by atoms with Crippen LogP contribution < -0.4 is 15.8 Å². The minimum Gasteiger partial charge on any atom is -0.385 e. The van der Waals surface area contributed by atoms with Gasteiger partial charge in [-0.2, -0.15) is 0 Å². The Morgan fingerprint density at radius 2 is 2.11 bits per heavy atom. The van der Waals surface area contributed by atoms with Gasteiger partial charge in [0.05, 0.1) is 33.7 Å². The molecule has 3 N–H and O–H groups in total. The summed E-state index contributed by atoms with van der Waals surface area (Å²) in [7, 11) is 5.91. The van der Waals surface area contributed by atoms with Crippen LogP contribution >= 0.6 is 12.2 Å². The van der Waals surface area contributed by atoms with Gasteiger partial charge in [-0.3, -0.25) is 4.79 Å². The Morgan fingerprint density at radius 3 is 2.81 bits per heavy atom. The number of aromatic amines is 1. The number of methoxy groups -OCH3 is 1. The average molecular weight is 392 g/mol. The van der Waals surface area contributed by atoms with Gasteiger partial charge in [0.1, 0.15) is 0 Å². The molecule has 0 aliphatic carbocycles. The molecular formula is C20H31N4O2S+. The number of quaternary nitrogens is 1. The number of aromatic nitrogens is 1. The van der Waals surface area contributed by atoms with E-state index in [4.69, 9.17) is 17.0 Å². The average Bonchev–Trinajstić information content (AvgIpc) is 2.62. The first-order valence-electron chi connectivity index (χ1n) is 9.34. The Bertz CT molecular complexity index is 819. The summed E-state index contributed by atoms with van der Waals surface area (Å²) in [5.74, 6) is 0. The van der Waals surface area contributed by atoms with Gasteiger partial charge in [0.15, 0.2) is 5.11 Å². The lowest BCUT2D eigenvalue weighted by molar-refractivity contribution is -0.857. The highest BCUT2D eigenvalue weighted by molar-refractivity contribution is 7.80. The van der Waals surface area contributed by atoms with Crippen LogP contribution in [0.15, 0.2) is 29.1 Å². The van der Waals surface area contributed by atoms with Crippen LogP contribution in [0.1, 0.15) is 17.5 Å². The Kier molecular flexibility index (Phi) is 8.22. The van der Waals surface area contributed by atoms with E-state index >= 15 is 0 Å². The number of H-pyrrole nitrogens is 1. The van der Waals surface area contributed by atoms with E-state index in [0.29, 0.717) is 18.3 Å². The maximum Gasteiger partial charge on any atom is 0.253 e. The fourth-order valence-corrected chi connectivity index (χ4v) is 3.09. The van der Waals surface area contributed by atoms with Crippen LogP contribution in [0.25, 0.3) is 10.9 Å². The largest absolute Gasteiger partial charge is 0.385 e. The Balaban J connectivity index is 2.17. The molecule has 2 aromatic rings. The summed E-state index contributed by atoms with van der Waals surface area (Å²) in [6, 6.07) is 8.02. The van der Waals surface area contributed by atoms with Gasteiger partial charge in [0.25, 0.3) is 5.56 Å². The van der Waals surface area contributed by atoms with Gasteiger partial charge < -0.3 is 24.8 Å². The number of likely N-dealkylation sites (N-methyl/N-ethyl adjacent to an activating group) is 1. The fraction of sp³-hybridized carbons (Fsp3) is 0.500. The second-order valence-electron chi connectivity index (χ2n) is 7.17. The van der Waals surface area contributed by atoms with Gasteiger partial charge >= 0.3 is 0 Å². The number of ether oxygens (including phenoxy) is 1. The Hall–Kier alpha value is -1.96. The molecule has 0 aliphatic heterocycles. The Morgan fingerprint density at radius 1 is 1.33 bits per heavy atom. The summed E-state index contributed by atoms with van der Waals surface area (Å²) >= 11 is 5.59. The highest BCUT2D eigenvalue weighted by Crippen LogP contribution is 2.14. The van der Waals surface area contributed by atoms with Crippen LogP contribution in [0.3, 0.4) is 0 Å². The number of nitrogens with zero attached hydrogens (tertiary/aromatic N) is 1. The number of nitrogens with one attached hydrogen (secondary N) is 3. The third-order valence-electron chi connectivity index (χ3n) is 4.41. The monoisotopic (exact) mass is 391 g/mol. The zero-order valence-electron chi connectivity index (χ0n) is 16.7. The third-order valence-corrected chi connectivity index (χ3v) is 4.81. The molecule has 2 rings (SSSR count). The molecule has 7 heteroatoms. The van der Waals surface area contributed by atoms with E-state index < -0.39 is 0 Å². The van der Waals surface area contributed by atoms with Crippen LogP contribution in [0.4, 0.5) is 0 Å². The van der Waals surface area contributed by atoms with Gasteiger partial charge in [-0.1, -0.05) is 11.6 Å². The Labute approximate surface area is 166 Å². The fourth-order valence-electron chi connectivity index (χ4n) is 2.83. The number of rotatable bonds is 9. The maximum atomic E-state index is 12.5. The van der Waals surface area contributed by atoms with Gasteiger partial charge in [0.2, 0.25) is 0 Å². The van der Waals surface area contributed by atoms with E-state index in [2.05, 4.69) is 42.3 Å². The van der Waals surface area contributed by atoms with Gasteiger partial charge in [-0.15, -0.1) is 0 Å². The van der Waals surface area contributed by atoms with Crippen molar-refractivity contribution in [3.8, 4) is 0 Å². The molecule has 27 heavy (non-hydrogen) atoms. The summed E-state index contributed by atoms with van der Waals surface area (Å²) in [6.45, 7) is 5.71. The van der Waals surface area contributed by atoms with Crippen molar-refractivity contribution < 1.29 is 9.64 Å². The van der Waals surface area contributed by atoms with Gasteiger partial charge in [0, 0.05) is 31.3 Å². The van der Waals surface area contributed by atoms with Crippen LogP contribution in [-0.2, 0) is 11.3 Å². The van der Waals surface area contributed by atoms with Crippen LogP contribution in [0, 0.1) is 6.92 Å². The molecule has 0 unspecified atom stereocenters. The molecule has 0 amide bonds. The first-order valence-corrected chi connectivity index (χ1v) is 9.75. The number of fused-ring (bicyclic) bond motifs is 1. The molecule has 0 saturated carbocycles. The standard InChI is InChI=1S/C20H30N4O2S/c1-15-6-7-18-16(12-15)13-17(19(25)22-18)14-24(10-9-23(2)3)20(27)21-8-5-11-26-4/h6-7,12-13H,5,8-11,14H2,1-4H3,(H,21,27)(H,22,25)/p+1. The van der Waals surface area contributed by atoms with Crippen molar-refractivity contribution in [2.75, 3.05) is 47.4 Å². The second-order valence-corrected chi connectivity index (χ2v) is 7.56. The molecule has 1 heterocycles. The number of pyridine rings is 1. The van der Waals surface area contributed by atoms with E-state index in [9.17, 15) is 4.79 Å². The zero-order valence-corrected chi connectivity index (χ0v) is 17.5. The predicted octanol–water partition coefficient (Wildman–Crippen LogP) is 0.694. The molecule has 0 radical (unpaired) electrons. The van der Waals surface area contributed by atoms with Crippen LogP contribution in [0.2, 0.25) is 0 Å².